The van der Waals surface area contributed by atoms with Crippen LogP contribution in [0.2, 0.25) is 0 Å². The lowest BCUT2D eigenvalue weighted by molar-refractivity contribution is 0.0617. The lowest BCUT2D eigenvalue weighted by Gasteiger charge is -2.16. The first-order chi connectivity index (χ1) is 13.1. The van der Waals surface area contributed by atoms with Gasteiger partial charge in [0.2, 0.25) is 5.78 Å². The van der Waals surface area contributed by atoms with Gasteiger partial charge < -0.3 is 10.1 Å². The average molecular weight is 391 g/mol. The van der Waals surface area contributed by atoms with E-state index in [0.29, 0.717) is 5.01 Å². The molecule has 0 aromatic carbocycles. The molecule has 0 radical (unpaired) electrons. The number of nitrogens with one attached hydrogen (secondary N) is 1. The van der Waals surface area contributed by atoms with Crippen LogP contribution in [0.4, 0.5) is 0 Å². The van der Waals surface area contributed by atoms with E-state index in [-0.39, 0.29) is 30.1 Å². The Kier molecular flexibility index (Phi) is 9.42. The number of rotatable bonds is 12. The highest BCUT2D eigenvalue weighted by atomic mass is 32.1. The Balaban J connectivity index is 1.66. The summed E-state index contributed by atoms with van der Waals surface area (Å²) < 4.78 is 5.70. The molecule has 0 saturated carbocycles. The van der Waals surface area contributed by atoms with E-state index in [4.69, 9.17) is 4.74 Å². The third kappa shape index (κ3) is 7.39. The van der Waals surface area contributed by atoms with Crippen LogP contribution in [0.25, 0.3) is 0 Å². The van der Waals surface area contributed by atoms with Crippen LogP contribution >= 0.6 is 11.3 Å². The van der Waals surface area contributed by atoms with Crippen molar-refractivity contribution in [3.05, 3.63) is 39.9 Å². The van der Waals surface area contributed by atoms with Crippen LogP contribution in [0.3, 0.4) is 0 Å². The number of unbranched alkanes of at least 4 members (excludes halogenated alkanes) is 5. The fraction of sp³-hybridized carbons (Fsp3) is 0.571. The van der Waals surface area contributed by atoms with Gasteiger partial charge in [0.1, 0.15) is 12.3 Å². The number of thiazole rings is 1. The van der Waals surface area contributed by atoms with Crippen molar-refractivity contribution in [3.63, 3.8) is 0 Å². The van der Waals surface area contributed by atoms with Crippen molar-refractivity contribution in [3.8, 4) is 0 Å². The second-order valence-corrected chi connectivity index (χ2v) is 7.64. The molecule has 1 heterocycles. The second kappa shape index (κ2) is 11.8. The first-order valence-corrected chi connectivity index (χ1v) is 10.7. The Hall–Kier alpha value is -1.79. The summed E-state index contributed by atoms with van der Waals surface area (Å²) in [5.41, 5.74) is 1.64. The zero-order valence-corrected chi connectivity index (χ0v) is 17.1. The van der Waals surface area contributed by atoms with Crippen LogP contribution in [-0.2, 0) is 4.74 Å². The van der Waals surface area contributed by atoms with E-state index in [1.165, 1.54) is 62.5 Å². The summed E-state index contributed by atoms with van der Waals surface area (Å²) in [6.45, 7) is 2.22. The average Bonchev–Trinajstić information content (AvgIpc) is 3.19. The number of carbonyl (C=O) groups is 2. The highest BCUT2D eigenvalue weighted by Crippen LogP contribution is 2.20. The lowest BCUT2D eigenvalue weighted by atomic mass is 9.99. The predicted octanol–water partition coefficient (Wildman–Crippen LogP) is 4.71. The molecule has 1 aliphatic rings. The molecule has 0 aliphatic heterocycles. The van der Waals surface area contributed by atoms with Gasteiger partial charge in [-0.1, -0.05) is 62.8 Å². The maximum absolute atomic E-state index is 12.2. The molecule has 1 amide bonds. The number of aromatic nitrogens is 1. The first-order valence-electron chi connectivity index (χ1n) is 9.83. The van der Waals surface area contributed by atoms with Crippen LogP contribution in [0.1, 0.15) is 78.6 Å². The maximum atomic E-state index is 12.2. The number of hydrogen-bond donors (Lipinski definition) is 1. The largest absolute Gasteiger partial charge is 0.366 e. The van der Waals surface area contributed by atoms with Crippen molar-refractivity contribution in [1.82, 2.24) is 10.3 Å². The molecule has 1 aromatic heterocycles. The van der Waals surface area contributed by atoms with Crippen LogP contribution in [0, 0.1) is 0 Å². The Morgan fingerprint density at radius 1 is 1.26 bits per heavy atom. The van der Waals surface area contributed by atoms with Crippen LogP contribution in [0.5, 0.6) is 0 Å². The Labute approximate surface area is 165 Å². The Morgan fingerprint density at radius 3 is 2.74 bits per heavy atom. The predicted molar refractivity (Wildman–Crippen MR) is 109 cm³/mol. The molecular weight excluding hydrogens is 360 g/mol. The second-order valence-electron chi connectivity index (χ2n) is 6.78. The first kappa shape index (κ1) is 21.5. The summed E-state index contributed by atoms with van der Waals surface area (Å²) in [4.78, 5) is 27.7. The van der Waals surface area contributed by atoms with E-state index in [0.717, 1.165) is 12.8 Å². The summed E-state index contributed by atoms with van der Waals surface area (Å²) >= 11 is 1.17. The standard InChI is InChI=1S/C21H30N2O3S/c1-3-4-5-6-7-8-9-16-10-12-17(13-11-16)26-14-19(24)21-23-18(15-27-21)20(25)22-2/h10-12,15,17H,3-9,13-14H2,1-2H3,(H,22,25). The molecule has 27 heavy (non-hydrogen) atoms. The summed E-state index contributed by atoms with van der Waals surface area (Å²) in [6.07, 6.45) is 16.1. The highest BCUT2D eigenvalue weighted by Gasteiger charge is 2.17. The molecule has 1 aromatic rings. The highest BCUT2D eigenvalue weighted by molar-refractivity contribution is 7.12. The molecule has 148 valence electrons. The van der Waals surface area contributed by atoms with Gasteiger partial charge in [-0.25, -0.2) is 4.98 Å². The summed E-state index contributed by atoms with van der Waals surface area (Å²) in [5, 5.41) is 4.40. The maximum Gasteiger partial charge on any atom is 0.270 e. The fourth-order valence-corrected chi connectivity index (χ4v) is 3.67. The number of carbonyl (C=O) groups excluding carboxylic acids is 2. The quantitative estimate of drug-likeness (QED) is 0.415. The number of hydrogen-bond acceptors (Lipinski definition) is 5. The van der Waals surface area contributed by atoms with E-state index in [1.807, 2.05) is 6.08 Å². The Morgan fingerprint density at radius 2 is 2.04 bits per heavy atom. The van der Waals surface area contributed by atoms with Gasteiger partial charge in [-0.2, -0.15) is 0 Å². The molecule has 6 heteroatoms. The zero-order valence-electron chi connectivity index (χ0n) is 16.3. The molecule has 5 nitrogen and oxygen atoms in total. The third-order valence-electron chi connectivity index (χ3n) is 4.59. The van der Waals surface area contributed by atoms with Gasteiger partial charge >= 0.3 is 0 Å². The van der Waals surface area contributed by atoms with Crippen molar-refractivity contribution in [2.45, 2.75) is 64.4 Å². The minimum absolute atomic E-state index is 0.0176. The number of ketones is 1. The fourth-order valence-electron chi connectivity index (χ4n) is 2.94. The van der Waals surface area contributed by atoms with Gasteiger partial charge in [-0.3, -0.25) is 9.59 Å². The molecule has 1 atom stereocenters. The monoisotopic (exact) mass is 390 g/mol. The Bertz CT molecular complexity index is 679. The van der Waals surface area contributed by atoms with Gasteiger partial charge in [0, 0.05) is 12.4 Å². The van der Waals surface area contributed by atoms with Crippen LogP contribution < -0.4 is 5.32 Å². The van der Waals surface area contributed by atoms with Crippen molar-refractivity contribution in [2.24, 2.45) is 0 Å². The number of Topliss-reactive ketones (excluding diaryl/α,β-unsaturated/α-hetero) is 1. The van der Waals surface area contributed by atoms with E-state index >= 15 is 0 Å². The summed E-state index contributed by atoms with van der Waals surface area (Å²) in [7, 11) is 1.54. The van der Waals surface area contributed by atoms with E-state index < -0.39 is 0 Å². The van der Waals surface area contributed by atoms with Gasteiger partial charge in [-0.15, -0.1) is 11.3 Å². The van der Waals surface area contributed by atoms with E-state index in [2.05, 4.69) is 29.4 Å². The van der Waals surface area contributed by atoms with E-state index in [9.17, 15) is 9.59 Å². The van der Waals surface area contributed by atoms with Gasteiger partial charge in [-0.05, 0) is 19.3 Å². The lowest BCUT2D eigenvalue weighted by Crippen LogP contribution is -2.20. The minimum Gasteiger partial charge on any atom is -0.366 e. The van der Waals surface area contributed by atoms with Crippen molar-refractivity contribution < 1.29 is 14.3 Å². The molecule has 1 aliphatic carbocycles. The van der Waals surface area contributed by atoms with Gasteiger partial charge in [0.25, 0.3) is 5.91 Å². The molecule has 0 bridgehead atoms. The number of allylic oxidation sites excluding steroid dienone is 2. The molecule has 1 unspecified atom stereocenters. The number of amides is 1. The number of nitrogens with zero attached hydrogens (tertiary/aromatic N) is 1. The summed E-state index contributed by atoms with van der Waals surface area (Å²) in [5.74, 6) is -0.477. The van der Waals surface area contributed by atoms with Crippen molar-refractivity contribution in [1.29, 1.82) is 0 Å². The topological polar surface area (TPSA) is 68.3 Å². The molecule has 2 rings (SSSR count). The number of ether oxygens (including phenoxy) is 1. The molecular formula is C21H30N2O3S. The SMILES string of the molecule is CCCCCCCCC1=CCC(OCC(=O)c2nc(C(=O)NC)cs2)C=C1. The van der Waals surface area contributed by atoms with Crippen LogP contribution in [-0.4, -0.2) is 36.4 Å². The van der Waals surface area contributed by atoms with Crippen molar-refractivity contribution in [2.75, 3.05) is 13.7 Å². The third-order valence-corrected chi connectivity index (χ3v) is 5.47. The van der Waals surface area contributed by atoms with Crippen molar-refractivity contribution >= 4 is 23.0 Å². The van der Waals surface area contributed by atoms with E-state index in [1.54, 1.807) is 5.38 Å². The normalized spacial score (nSPS) is 16.2. The smallest absolute Gasteiger partial charge is 0.270 e. The van der Waals surface area contributed by atoms with Gasteiger partial charge in [0.05, 0.1) is 6.10 Å². The van der Waals surface area contributed by atoms with Crippen LogP contribution in [0.15, 0.2) is 29.2 Å². The molecule has 1 N–H and O–H groups in total. The molecule has 0 saturated heterocycles. The van der Waals surface area contributed by atoms with Gasteiger partial charge in [0.15, 0.2) is 5.01 Å². The zero-order chi connectivity index (χ0) is 19.5. The molecule has 0 spiro atoms. The minimum atomic E-state index is -0.288. The summed E-state index contributed by atoms with van der Waals surface area (Å²) in [6, 6.07) is 0. The molecule has 0 fully saturated rings.